The lowest BCUT2D eigenvalue weighted by atomic mass is 9.82. The molecule has 3 heteroatoms. The van der Waals surface area contributed by atoms with E-state index in [2.05, 4.69) is 9.88 Å². The molecule has 3 nitrogen and oxygen atoms in total. The first-order valence-corrected chi connectivity index (χ1v) is 7.75. The largest absolute Gasteiger partial charge is 0.332 e. The Morgan fingerprint density at radius 1 is 1.15 bits per heavy atom. The fourth-order valence-electron chi connectivity index (χ4n) is 3.98. The van der Waals surface area contributed by atoms with E-state index in [1.807, 2.05) is 12.1 Å². The summed E-state index contributed by atoms with van der Waals surface area (Å²) in [7, 11) is 0. The zero-order chi connectivity index (χ0) is 13.5. The van der Waals surface area contributed by atoms with Crippen LogP contribution in [0.3, 0.4) is 0 Å². The highest BCUT2D eigenvalue weighted by Crippen LogP contribution is 2.43. The van der Waals surface area contributed by atoms with Crippen molar-refractivity contribution >= 4 is 5.91 Å². The van der Waals surface area contributed by atoms with Crippen LogP contribution in [0.1, 0.15) is 55.3 Å². The average molecular weight is 268 g/mol. The van der Waals surface area contributed by atoms with Crippen molar-refractivity contribution in [3.05, 3.63) is 41.2 Å². The molecular weight excluding hydrogens is 248 g/mol. The highest BCUT2D eigenvalue weighted by Gasteiger charge is 2.42. The molecule has 0 N–H and O–H groups in total. The van der Waals surface area contributed by atoms with Gasteiger partial charge in [0.1, 0.15) is 0 Å². The van der Waals surface area contributed by atoms with Crippen LogP contribution < -0.4 is 0 Å². The Morgan fingerprint density at radius 3 is 2.45 bits per heavy atom. The van der Waals surface area contributed by atoms with Gasteiger partial charge < -0.3 is 4.90 Å². The number of rotatable bonds is 1. The number of amides is 1. The second-order valence-electron chi connectivity index (χ2n) is 6.31. The van der Waals surface area contributed by atoms with Crippen molar-refractivity contribution in [2.45, 2.75) is 57.0 Å². The van der Waals surface area contributed by atoms with E-state index < -0.39 is 0 Å². The second-order valence-corrected chi connectivity index (χ2v) is 6.31. The molecule has 1 aliphatic carbocycles. The van der Waals surface area contributed by atoms with Crippen LogP contribution in [0.2, 0.25) is 0 Å². The smallest absolute Gasteiger partial charge is 0.255 e. The van der Waals surface area contributed by atoms with Crippen molar-refractivity contribution < 1.29 is 4.79 Å². The molecule has 3 fully saturated rings. The Balaban J connectivity index is 1.58. The summed E-state index contributed by atoms with van der Waals surface area (Å²) in [6.07, 6.45) is 12.0. The fraction of sp³-hybridized carbons (Fsp3) is 0.529. The Labute approximate surface area is 119 Å². The third kappa shape index (κ3) is 1.88. The predicted molar refractivity (Wildman–Crippen MR) is 77.3 cm³/mol. The van der Waals surface area contributed by atoms with Crippen LogP contribution in [0.15, 0.2) is 35.7 Å². The van der Waals surface area contributed by atoms with Crippen LogP contribution in [0, 0.1) is 0 Å². The molecule has 1 aromatic heterocycles. The molecule has 20 heavy (non-hydrogen) atoms. The molecule has 0 aromatic carbocycles. The lowest BCUT2D eigenvalue weighted by Crippen LogP contribution is -2.45. The number of nitrogens with zero attached hydrogens (tertiary/aromatic N) is 2. The molecule has 104 valence electrons. The number of pyridine rings is 1. The van der Waals surface area contributed by atoms with Crippen molar-refractivity contribution in [3.8, 4) is 0 Å². The highest BCUT2D eigenvalue weighted by atomic mass is 16.2. The van der Waals surface area contributed by atoms with Gasteiger partial charge in [0.25, 0.3) is 5.91 Å². The number of hydrogen-bond acceptors (Lipinski definition) is 2. The van der Waals surface area contributed by atoms with E-state index in [0.717, 1.165) is 18.4 Å². The lowest BCUT2D eigenvalue weighted by Gasteiger charge is -2.38. The van der Waals surface area contributed by atoms with Gasteiger partial charge in [0.05, 0.1) is 5.56 Å². The van der Waals surface area contributed by atoms with Crippen LogP contribution in [0.4, 0.5) is 0 Å². The lowest BCUT2D eigenvalue weighted by molar-refractivity contribution is 0.0632. The minimum Gasteiger partial charge on any atom is -0.332 e. The van der Waals surface area contributed by atoms with Gasteiger partial charge >= 0.3 is 0 Å². The second kappa shape index (κ2) is 4.72. The van der Waals surface area contributed by atoms with Crippen LogP contribution in [0.5, 0.6) is 0 Å². The van der Waals surface area contributed by atoms with Gasteiger partial charge in [-0.25, -0.2) is 0 Å². The Kier molecular flexibility index (Phi) is 2.86. The summed E-state index contributed by atoms with van der Waals surface area (Å²) in [6, 6.07) is 4.60. The molecule has 2 unspecified atom stereocenters. The van der Waals surface area contributed by atoms with Crippen LogP contribution >= 0.6 is 0 Å². The highest BCUT2D eigenvalue weighted by molar-refractivity contribution is 5.94. The Bertz CT molecular complexity index is 542. The zero-order valence-electron chi connectivity index (χ0n) is 11.7. The Hall–Kier alpha value is -1.64. The first kappa shape index (κ1) is 12.1. The van der Waals surface area contributed by atoms with Crippen molar-refractivity contribution in [3.63, 3.8) is 0 Å². The number of hydrogen-bond donors (Lipinski definition) is 0. The molecule has 0 radical (unpaired) electrons. The first-order valence-electron chi connectivity index (χ1n) is 7.75. The van der Waals surface area contributed by atoms with Gasteiger partial charge in [0.15, 0.2) is 0 Å². The molecule has 2 aliphatic heterocycles. The number of allylic oxidation sites excluding steroid dienone is 1. The number of carbonyl (C=O) groups is 1. The maximum Gasteiger partial charge on any atom is 0.255 e. The summed E-state index contributed by atoms with van der Waals surface area (Å²) in [6.45, 7) is 0. The number of aromatic nitrogens is 1. The molecule has 1 amide bonds. The maximum absolute atomic E-state index is 12.7. The minimum atomic E-state index is 0.184. The quantitative estimate of drug-likeness (QED) is 0.732. The summed E-state index contributed by atoms with van der Waals surface area (Å²) in [4.78, 5) is 18.9. The van der Waals surface area contributed by atoms with Crippen LogP contribution in [0.25, 0.3) is 0 Å². The fourth-order valence-corrected chi connectivity index (χ4v) is 3.98. The van der Waals surface area contributed by atoms with Gasteiger partial charge in [-0.2, -0.15) is 0 Å². The molecule has 2 saturated heterocycles. The monoisotopic (exact) mass is 268 g/mol. The van der Waals surface area contributed by atoms with Crippen molar-refractivity contribution in [2.24, 2.45) is 0 Å². The summed E-state index contributed by atoms with van der Waals surface area (Å²) in [5.41, 5.74) is 4.12. The van der Waals surface area contributed by atoms with E-state index in [4.69, 9.17) is 0 Å². The summed E-state index contributed by atoms with van der Waals surface area (Å²) in [5, 5.41) is 0. The molecule has 1 aromatic rings. The Morgan fingerprint density at radius 2 is 1.90 bits per heavy atom. The third-order valence-corrected chi connectivity index (χ3v) is 5.18. The SMILES string of the molecule is O=C(c1cccnc1)N1C2CCC1CC(=C1CCC1)C2. The summed E-state index contributed by atoms with van der Waals surface area (Å²) < 4.78 is 0. The van der Waals surface area contributed by atoms with Gasteiger partial charge in [-0.05, 0) is 57.1 Å². The van der Waals surface area contributed by atoms with Gasteiger partial charge in [-0.15, -0.1) is 0 Å². The molecular formula is C17H20N2O. The van der Waals surface area contributed by atoms with Gasteiger partial charge in [0.2, 0.25) is 0 Å². The van der Waals surface area contributed by atoms with E-state index in [1.165, 1.54) is 32.1 Å². The molecule has 2 bridgehead atoms. The molecule has 3 aliphatic rings. The summed E-state index contributed by atoms with van der Waals surface area (Å²) in [5.74, 6) is 0.184. The van der Waals surface area contributed by atoms with Crippen molar-refractivity contribution in [2.75, 3.05) is 0 Å². The maximum atomic E-state index is 12.7. The van der Waals surface area contributed by atoms with Crippen LogP contribution in [-0.2, 0) is 0 Å². The molecule has 3 heterocycles. The van der Waals surface area contributed by atoms with E-state index in [0.29, 0.717) is 12.1 Å². The molecule has 4 rings (SSSR count). The number of piperidine rings is 1. The van der Waals surface area contributed by atoms with E-state index in [9.17, 15) is 4.79 Å². The zero-order valence-corrected chi connectivity index (χ0v) is 11.7. The van der Waals surface area contributed by atoms with E-state index in [1.54, 1.807) is 23.5 Å². The average Bonchev–Trinajstić information content (AvgIpc) is 2.68. The molecule has 0 spiro atoms. The van der Waals surface area contributed by atoms with E-state index in [-0.39, 0.29) is 5.91 Å². The normalized spacial score (nSPS) is 28.5. The topological polar surface area (TPSA) is 33.2 Å². The molecule has 1 saturated carbocycles. The van der Waals surface area contributed by atoms with Gasteiger partial charge in [-0.1, -0.05) is 11.1 Å². The molecule has 2 atom stereocenters. The first-order chi connectivity index (χ1) is 9.83. The van der Waals surface area contributed by atoms with E-state index >= 15 is 0 Å². The number of carbonyl (C=O) groups excluding carboxylic acids is 1. The predicted octanol–water partition coefficient (Wildman–Crippen LogP) is 3.33. The van der Waals surface area contributed by atoms with Crippen molar-refractivity contribution in [1.82, 2.24) is 9.88 Å². The minimum absolute atomic E-state index is 0.184. The standard InChI is InChI=1S/C17H20N2O/c20-17(13-5-2-8-18-11-13)19-15-6-7-16(19)10-14(9-15)12-3-1-4-12/h2,5,8,11,15-16H,1,3-4,6-7,9-10H2. The summed E-state index contributed by atoms with van der Waals surface area (Å²) >= 11 is 0. The third-order valence-electron chi connectivity index (χ3n) is 5.18. The van der Waals surface area contributed by atoms with Crippen LogP contribution in [-0.4, -0.2) is 27.9 Å². The van der Waals surface area contributed by atoms with Gasteiger partial charge in [0, 0.05) is 24.5 Å². The van der Waals surface area contributed by atoms with Crippen molar-refractivity contribution in [1.29, 1.82) is 0 Å². The van der Waals surface area contributed by atoms with Gasteiger partial charge in [-0.3, -0.25) is 9.78 Å². The number of fused-ring (bicyclic) bond motifs is 2.